The topological polar surface area (TPSA) is 70.7 Å². The predicted octanol–water partition coefficient (Wildman–Crippen LogP) is 1.92. The van der Waals surface area contributed by atoms with Gasteiger partial charge in [0.05, 0.1) is 19.0 Å². The Morgan fingerprint density at radius 1 is 1.33 bits per heavy atom. The molecule has 0 N–H and O–H groups in total. The fourth-order valence-electron chi connectivity index (χ4n) is 2.23. The number of hydrogen-bond acceptors (Lipinski definition) is 5. The van der Waals surface area contributed by atoms with Crippen molar-refractivity contribution in [3.63, 3.8) is 0 Å². The lowest BCUT2D eigenvalue weighted by molar-refractivity contribution is 0.401. The highest BCUT2D eigenvalue weighted by Gasteiger charge is 2.20. The first-order valence-electron chi connectivity index (χ1n) is 6.47. The van der Waals surface area contributed by atoms with Crippen molar-refractivity contribution < 1.29 is 4.74 Å². The maximum atomic E-state index is 6.26. The summed E-state index contributed by atoms with van der Waals surface area (Å²) < 4.78 is 9.14. The van der Waals surface area contributed by atoms with E-state index < -0.39 is 0 Å². The number of imidazole rings is 2. The van der Waals surface area contributed by atoms with E-state index in [1.165, 1.54) is 6.33 Å². The summed E-state index contributed by atoms with van der Waals surface area (Å²) in [4.78, 5) is 17.3. The molecule has 0 amide bonds. The summed E-state index contributed by atoms with van der Waals surface area (Å²) >= 11 is 6.26. The Balaban J connectivity index is 2.19. The number of aryl methyl sites for hydroxylation is 1. The van der Waals surface area contributed by atoms with Gasteiger partial charge in [0.1, 0.15) is 18.0 Å². The van der Waals surface area contributed by atoms with Gasteiger partial charge in [0.15, 0.2) is 11.2 Å². The molecule has 0 aliphatic heterocycles. The molecule has 3 rings (SSSR count). The van der Waals surface area contributed by atoms with Crippen molar-refractivity contribution in [2.45, 2.75) is 18.8 Å². The summed E-state index contributed by atoms with van der Waals surface area (Å²) in [6.07, 6.45) is 5.11. The van der Waals surface area contributed by atoms with Crippen LogP contribution in [-0.4, -0.2) is 36.2 Å². The van der Waals surface area contributed by atoms with Gasteiger partial charge in [-0.2, -0.15) is 4.98 Å². The lowest BCUT2D eigenvalue weighted by Gasteiger charge is -2.09. The average molecular weight is 307 g/mol. The lowest BCUT2D eigenvalue weighted by Crippen LogP contribution is -2.10. The van der Waals surface area contributed by atoms with Gasteiger partial charge in [-0.15, -0.1) is 11.6 Å². The minimum Gasteiger partial charge on any atom is -0.479 e. The molecule has 0 spiro atoms. The smallest absolute Gasteiger partial charge is 0.245 e. The molecule has 3 aromatic rings. The van der Waals surface area contributed by atoms with Crippen molar-refractivity contribution in [2.75, 3.05) is 7.11 Å². The molecule has 0 saturated carbocycles. The van der Waals surface area contributed by atoms with E-state index >= 15 is 0 Å². The molecule has 0 bridgehead atoms. The number of ether oxygens (including phenoxy) is 1. The molecule has 0 aromatic carbocycles. The molecule has 110 valence electrons. The Labute approximate surface area is 126 Å². The molecular formula is C13H15ClN6O. The van der Waals surface area contributed by atoms with E-state index in [4.69, 9.17) is 16.3 Å². The van der Waals surface area contributed by atoms with Crippen molar-refractivity contribution >= 4 is 22.8 Å². The third-order valence-electron chi connectivity index (χ3n) is 3.30. The van der Waals surface area contributed by atoms with E-state index in [2.05, 4.69) is 19.9 Å². The van der Waals surface area contributed by atoms with Gasteiger partial charge >= 0.3 is 0 Å². The van der Waals surface area contributed by atoms with Crippen LogP contribution < -0.4 is 4.74 Å². The first-order valence-corrected chi connectivity index (χ1v) is 6.91. The van der Waals surface area contributed by atoms with Crippen LogP contribution in [-0.2, 0) is 13.6 Å². The quantitative estimate of drug-likeness (QED) is 0.689. The Morgan fingerprint density at radius 2 is 2.14 bits per heavy atom. The van der Waals surface area contributed by atoms with Gasteiger partial charge in [-0.05, 0) is 6.92 Å². The Morgan fingerprint density at radius 3 is 2.76 bits per heavy atom. The number of rotatable bonds is 4. The molecule has 0 aliphatic carbocycles. The van der Waals surface area contributed by atoms with Gasteiger partial charge in [-0.1, -0.05) is 0 Å². The van der Waals surface area contributed by atoms with Gasteiger partial charge in [0, 0.05) is 19.4 Å². The molecule has 0 aliphatic rings. The van der Waals surface area contributed by atoms with Crippen molar-refractivity contribution in [1.82, 2.24) is 29.1 Å². The summed E-state index contributed by atoms with van der Waals surface area (Å²) in [6.45, 7) is 2.41. The average Bonchev–Trinajstić information content (AvgIpc) is 3.04. The van der Waals surface area contributed by atoms with Gasteiger partial charge < -0.3 is 13.9 Å². The third kappa shape index (κ3) is 2.33. The van der Waals surface area contributed by atoms with E-state index in [9.17, 15) is 0 Å². The second-order valence-electron chi connectivity index (χ2n) is 4.68. The summed E-state index contributed by atoms with van der Waals surface area (Å²) in [5.74, 6) is 2.05. The Kier molecular flexibility index (Phi) is 3.50. The largest absolute Gasteiger partial charge is 0.479 e. The summed E-state index contributed by atoms with van der Waals surface area (Å²) in [5.41, 5.74) is 1.30. The van der Waals surface area contributed by atoms with E-state index in [1.54, 1.807) is 13.3 Å². The van der Waals surface area contributed by atoms with Gasteiger partial charge in [0.2, 0.25) is 5.88 Å². The maximum Gasteiger partial charge on any atom is 0.245 e. The van der Waals surface area contributed by atoms with Crippen LogP contribution in [0.2, 0.25) is 0 Å². The molecule has 21 heavy (non-hydrogen) atoms. The second kappa shape index (κ2) is 5.33. The number of nitrogens with zero attached hydrogens (tertiary/aromatic N) is 6. The zero-order chi connectivity index (χ0) is 15.0. The summed E-state index contributed by atoms with van der Waals surface area (Å²) in [6, 6.07) is 0. The molecule has 0 saturated heterocycles. The van der Waals surface area contributed by atoms with Crippen LogP contribution in [0.15, 0.2) is 18.7 Å². The highest BCUT2D eigenvalue weighted by atomic mass is 35.5. The fourth-order valence-corrected chi connectivity index (χ4v) is 2.40. The van der Waals surface area contributed by atoms with Gasteiger partial charge in [-0.25, -0.2) is 15.0 Å². The van der Waals surface area contributed by atoms with E-state index in [0.717, 1.165) is 5.82 Å². The standard InChI is InChI=1S/C13H15ClN6O/c1-8(14)11-18-10-12(16-7-17-13(10)21-3)20(11)6-9-15-4-5-19(9)2/h4-5,7-8H,6H2,1-3H3. The number of fused-ring (bicyclic) bond motifs is 1. The minimum atomic E-state index is -0.260. The van der Waals surface area contributed by atoms with Crippen LogP contribution >= 0.6 is 11.6 Å². The van der Waals surface area contributed by atoms with E-state index in [-0.39, 0.29) is 5.38 Å². The SMILES string of the molecule is COc1ncnc2c1nc(C(C)Cl)n2Cc1nccn1C. The number of alkyl halides is 1. The molecule has 8 heteroatoms. The lowest BCUT2D eigenvalue weighted by atomic mass is 10.4. The van der Waals surface area contributed by atoms with Crippen molar-refractivity contribution in [1.29, 1.82) is 0 Å². The first-order chi connectivity index (χ1) is 10.1. The molecule has 0 radical (unpaired) electrons. The Hall–Kier alpha value is -2.15. The molecule has 1 unspecified atom stereocenters. The van der Waals surface area contributed by atoms with Crippen LogP contribution in [0.3, 0.4) is 0 Å². The Bertz CT molecular complexity index is 778. The summed E-state index contributed by atoms with van der Waals surface area (Å²) in [7, 11) is 3.50. The normalized spacial score (nSPS) is 12.8. The number of methoxy groups -OCH3 is 1. The van der Waals surface area contributed by atoms with Crippen molar-refractivity contribution in [2.24, 2.45) is 7.05 Å². The van der Waals surface area contributed by atoms with Crippen molar-refractivity contribution in [3.8, 4) is 5.88 Å². The molecule has 1 atom stereocenters. The zero-order valence-corrected chi connectivity index (χ0v) is 12.7. The maximum absolute atomic E-state index is 6.26. The molecule has 0 fully saturated rings. The highest BCUT2D eigenvalue weighted by molar-refractivity contribution is 6.20. The fraction of sp³-hybridized carbons (Fsp3) is 0.385. The monoisotopic (exact) mass is 306 g/mol. The van der Waals surface area contributed by atoms with Crippen molar-refractivity contribution in [3.05, 3.63) is 30.4 Å². The number of hydrogen-bond donors (Lipinski definition) is 0. The van der Waals surface area contributed by atoms with Crippen LogP contribution in [0.1, 0.15) is 23.9 Å². The van der Waals surface area contributed by atoms with Crippen LogP contribution in [0.5, 0.6) is 5.88 Å². The highest BCUT2D eigenvalue weighted by Crippen LogP contribution is 2.27. The van der Waals surface area contributed by atoms with Crippen LogP contribution in [0.25, 0.3) is 11.2 Å². The zero-order valence-electron chi connectivity index (χ0n) is 12.0. The number of aromatic nitrogens is 6. The van der Waals surface area contributed by atoms with E-state index in [1.807, 2.05) is 29.3 Å². The van der Waals surface area contributed by atoms with Gasteiger partial charge in [-0.3, -0.25) is 0 Å². The van der Waals surface area contributed by atoms with Crippen LogP contribution in [0.4, 0.5) is 0 Å². The molecule has 3 aromatic heterocycles. The molecular weight excluding hydrogens is 292 g/mol. The number of halogens is 1. The molecule has 3 heterocycles. The molecule has 7 nitrogen and oxygen atoms in total. The second-order valence-corrected chi connectivity index (χ2v) is 5.34. The first kappa shape index (κ1) is 13.8. The van der Waals surface area contributed by atoms with Gasteiger partial charge in [0.25, 0.3) is 0 Å². The predicted molar refractivity (Wildman–Crippen MR) is 78.5 cm³/mol. The minimum absolute atomic E-state index is 0.260. The summed E-state index contributed by atoms with van der Waals surface area (Å²) in [5, 5.41) is -0.260. The van der Waals surface area contributed by atoms with E-state index in [0.29, 0.717) is 29.4 Å². The third-order valence-corrected chi connectivity index (χ3v) is 3.49. The van der Waals surface area contributed by atoms with Crippen LogP contribution in [0, 0.1) is 0 Å².